The third-order valence-electron chi connectivity index (χ3n) is 4.85. The van der Waals surface area contributed by atoms with Crippen LogP contribution < -0.4 is 0 Å². The predicted octanol–water partition coefficient (Wildman–Crippen LogP) is 5.47. The first-order valence-corrected chi connectivity index (χ1v) is 8.45. The lowest BCUT2D eigenvalue weighted by molar-refractivity contribution is -0.126. The SMILES string of the molecule is C=CC[C@@]1(c2ccccc2)C[C@H](C)/C=C/CCC(C)CC1=O. The summed E-state index contributed by atoms with van der Waals surface area (Å²) in [5.74, 6) is 1.23. The van der Waals surface area contributed by atoms with Crippen LogP contribution in [0.15, 0.2) is 55.1 Å². The summed E-state index contributed by atoms with van der Waals surface area (Å²) in [5, 5.41) is 0. The molecule has 1 nitrogen and oxygen atoms in total. The first-order valence-electron chi connectivity index (χ1n) is 8.45. The third-order valence-corrected chi connectivity index (χ3v) is 4.85. The van der Waals surface area contributed by atoms with Crippen molar-refractivity contribution >= 4 is 5.78 Å². The van der Waals surface area contributed by atoms with E-state index in [-0.39, 0.29) is 0 Å². The van der Waals surface area contributed by atoms with Gasteiger partial charge in [-0.25, -0.2) is 0 Å². The zero-order valence-corrected chi connectivity index (χ0v) is 13.9. The van der Waals surface area contributed by atoms with Crippen molar-refractivity contribution in [3.05, 3.63) is 60.7 Å². The van der Waals surface area contributed by atoms with Crippen molar-refractivity contribution < 1.29 is 4.79 Å². The van der Waals surface area contributed by atoms with E-state index in [1.807, 2.05) is 24.3 Å². The summed E-state index contributed by atoms with van der Waals surface area (Å²) in [5.41, 5.74) is 0.728. The third kappa shape index (κ3) is 3.76. The molecule has 0 radical (unpaired) electrons. The van der Waals surface area contributed by atoms with E-state index in [9.17, 15) is 4.79 Å². The Morgan fingerprint density at radius 2 is 2.00 bits per heavy atom. The number of allylic oxidation sites excluding steroid dienone is 3. The quantitative estimate of drug-likeness (QED) is 0.676. The number of carbonyl (C=O) groups is 1. The van der Waals surface area contributed by atoms with Crippen molar-refractivity contribution in [2.45, 2.75) is 51.4 Å². The Hall–Kier alpha value is -1.63. The summed E-state index contributed by atoms with van der Waals surface area (Å²) in [6.45, 7) is 8.34. The largest absolute Gasteiger partial charge is 0.299 e. The Bertz CT molecular complexity index is 528. The van der Waals surface area contributed by atoms with E-state index in [4.69, 9.17) is 0 Å². The van der Waals surface area contributed by atoms with E-state index in [0.717, 1.165) is 31.2 Å². The molecule has 1 aliphatic carbocycles. The van der Waals surface area contributed by atoms with Crippen LogP contribution in [0, 0.1) is 11.8 Å². The van der Waals surface area contributed by atoms with Gasteiger partial charge in [-0.2, -0.15) is 0 Å². The molecule has 1 heteroatoms. The Kier molecular flexibility index (Phi) is 5.76. The van der Waals surface area contributed by atoms with E-state index in [0.29, 0.717) is 24.0 Å². The summed E-state index contributed by atoms with van der Waals surface area (Å²) in [7, 11) is 0. The zero-order valence-electron chi connectivity index (χ0n) is 13.9. The number of hydrogen-bond acceptors (Lipinski definition) is 1. The van der Waals surface area contributed by atoms with Gasteiger partial charge in [-0.3, -0.25) is 4.79 Å². The fraction of sp³-hybridized carbons (Fsp3) is 0.476. The molecule has 2 rings (SSSR count). The van der Waals surface area contributed by atoms with Gasteiger partial charge in [0.2, 0.25) is 0 Å². The van der Waals surface area contributed by atoms with Crippen molar-refractivity contribution in [1.29, 1.82) is 0 Å². The summed E-state index contributed by atoms with van der Waals surface area (Å²) < 4.78 is 0. The number of rotatable bonds is 3. The van der Waals surface area contributed by atoms with Crippen molar-refractivity contribution in [3.8, 4) is 0 Å². The van der Waals surface area contributed by atoms with Gasteiger partial charge in [0.05, 0.1) is 5.41 Å². The second-order valence-corrected chi connectivity index (χ2v) is 6.86. The van der Waals surface area contributed by atoms with Gasteiger partial charge in [-0.05, 0) is 43.1 Å². The van der Waals surface area contributed by atoms with Crippen LogP contribution in [-0.2, 0) is 10.2 Å². The highest BCUT2D eigenvalue weighted by Crippen LogP contribution is 2.39. The fourth-order valence-corrected chi connectivity index (χ4v) is 3.65. The van der Waals surface area contributed by atoms with Crippen LogP contribution in [-0.4, -0.2) is 5.78 Å². The van der Waals surface area contributed by atoms with Crippen LogP contribution in [0.25, 0.3) is 0 Å². The molecule has 1 aromatic rings. The van der Waals surface area contributed by atoms with E-state index in [2.05, 4.69) is 44.7 Å². The summed E-state index contributed by atoms with van der Waals surface area (Å²) >= 11 is 0. The molecule has 0 N–H and O–H groups in total. The van der Waals surface area contributed by atoms with Gasteiger partial charge in [0, 0.05) is 6.42 Å². The van der Waals surface area contributed by atoms with Gasteiger partial charge in [0.1, 0.15) is 5.78 Å². The molecule has 22 heavy (non-hydrogen) atoms. The lowest BCUT2D eigenvalue weighted by Crippen LogP contribution is -2.38. The minimum absolute atomic E-state index is 0.383. The molecular weight excluding hydrogens is 268 g/mol. The minimum atomic E-state index is -0.418. The number of carbonyl (C=O) groups excluding carboxylic acids is 1. The van der Waals surface area contributed by atoms with Gasteiger partial charge in [0.15, 0.2) is 0 Å². The lowest BCUT2D eigenvalue weighted by Gasteiger charge is -2.35. The molecule has 3 atom stereocenters. The molecule has 118 valence electrons. The molecule has 0 bridgehead atoms. The zero-order chi connectivity index (χ0) is 16.0. The molecule has 0 saturated carbocycles. The maximum absolute atomic E-state index is 13.2. The molecule has 0 spiro atoms. The highest BCUT2D eigenvalue weighted by atomic mass is 16.1. The molecule has 0 aromatic heterocycles. The number of Topliss-reactive ketones (excluding diaryl/α,β-unsaturated/α-hetero) is 1. The van der Waals surface area contributed by atoms with Crippen LogP contribution in [0.2, 0.25) is 0 Å². The average molecular weight is 296 g/mol. The van der Waals surface area contributed by atoms with Crippen LogP contribution in [0.3, 0.4) is 0 Å². The predicted molar refractivity (Wildman–Crippen MR) is 93.9 cm³/mol. The molecule has 1 aliphatic rings. The molecule has 1 unspecified atom stereocenters. The van der Waals surface area contributed by atoms with Gasteiger partial charge >= 0.3 is 0 Å². The van der Waals surface area contributed by atoms with Crippen LogP contribution >= 0.6 is 0 Å². The van der Waals surface area contributed by atoms with Crippen molar-refractivity contribution in [1.82, 2.24) is 0 Å². The normalized spacial score (nSPS) is 31.5. The van der Waals surface area contributed by atoms with Gasteiger partial charge in [-0.1, -0.05) is 62.4 Å². The maximum Gasteiger partial charge on any atom is 0.143 e. The molecule has 0 fully saturated rings. The highest BCUT2D eigenvalue weighted by molar-refractivity contribution is 5.90. The van der Waals surface area contributed by atoms with Gasteiger partial charge in [-0.15, -0.1) is 6.58 Å². The molecule has 0 amide bonds. The molecular formula is C21H28O. The average Bonchev–Trinajstić information content (AvgIpc) is 2.51. The molecule has 0 saturated heterocycles. The van der Waals surface area contributed by atoms with E-state index in [1.165, 1.54) is 0 Å². The second-order valence-electron chi connectivity index (χ2n) is 6.86. The summed E-state index contributed by atoms with van der Waals surface area (Å²) in [6.07, 6.45) is 10.9. The summed E-state index contributed by atoms with van der Waals surface area (Å²) in [6, 6.07) is 10.3. The molecule has 0 heterocycles. The van der Waals surface area contributed by atoms with Crippen molar-refractivity contribution in [3.63, 3.8) is 0 Å². The first kappa shape index (κ1) is 16.7. The maximum atomic E-state index is 13.2. The Labute approximate surface area is 135 Å². The highest BCUT2D eigenvalue weighted by Gasteiger charge is 2.39. The van der Waals surface area contributed by atoms with E-state index >= 15 is 0 Å². The fourth-order valence-electron chi connectivity index (χ4n) is 3.65. The van der Waals surface area contributed by atoms with Crippen LogP contribution in [0.1, 0.15) is 51.5 Å². The number of ketones is 1. The Morgan fingerprint density at radius 1 is 1.27 bits per heavy atom. The Balaban J connectivity index is 2.48. The first-order chi connectivity index (χ1) is 10.6. The van der Waals surface area contributed by atoms with Crippen molar-refractivity contribution in [2.24, 2.45) is 11.8 Å². The van der Waals surface area contributed by atoms with E-state index < -0.39 is 5.41 Å². The minimum Gasteiger partial charge on any atom is -0.299 e. The number of benzene rings is 1. The van der Waals surface area contributed by atoms with Crippen LogP contribution in [0.5, 0.6) is 0 Å². The molecule has 1 aromatic carbocycles. The van der Waals surface area contributed by atoms with E-state index in [1.54, 1.807) is 0 Å². The summed E-state index contributed by atoms with van der Waals surface area (Å²) in [4.78, 5) is 13.2. The monoisotopic (exact) mass is 296 g/mol. The van der Waals surface area contributed by atoms with Gasteiger partial charge < -0.3 is 0 Å². The van der Waals surface area contributed by atoms with Gasteiger partial charge in [0.25, 0.3) is 0 Å². The number of hydrogen-bond donors (Lipinski definition) is 0. The van der Waals surface area contributed by atoms with Crippen LogP contribution in [0.4, 0.5) is 0 Å². The smallest absolute Gasteiger partial charge is 0.143 e. The molecule has 0 aliphatic heterocycles. The second kappa shape index (κ2) is 7.58. The lowest BCUT2D eigenvalue weighted by atomic mass is 9.66. The standard InChI is InChI=1S/C21H28O/c1-4-14-21(19-12-6-5-7-13-19)16-18(3)11-9-8-10-17(2)15-20(21)22/h4-7,9,11-13,17-18H,1,8,10,14-16H2,2-3H3/b11-9+/t17?,18-,21+/m1/s1. The topological polar surface area (TPSA) is 17.1 Å². The Morgan fingerprint density at radius 3 is 2.68 bits per heavy atom. The van der Waals surface area contributed by atoms with Crippen molar-refractivity contribution in [2.75, 3.05) is 0 Å².